The zero-order valence-corrected chi connectivity index (χ0v) is 13.0. The molecule has 24 heavy (non-hydrogen) atoms. The van der Waals surface area contributed by atoms with Gasteiger partial charge in [0.25, 0.3) is 0 Å². The molecule has 0 aliphatic rings. The number of nitrogens with one attached hydrogen (secondary N) is 1. The average molecular weight is 324 g/mol. The number of hydrogen-bond donors (Lipinski definition) is 3. The third-order valence-corrected chi connectivity index (χ3v) is 3.60. The number of rotatable bonds is 5. The zero-order valence-electron chi connectivity index (χ0n) is 13.0. The van der Waals surface area contributed by atoms with Crippen LogP contribution in [0.2, 0.25) is 0 Å². The minimum absolute atomic E-state index is 0.0290. The molecule has 0 unspecified atom stereocenters. The lowest BCUT2D eigenvalue weighted by atomic mass is 10.1. The number of aryl methyl sites for hydroxylation is 1. The van der Waals surface area contributed by atoms with Crippen molar-refractivity contribution in [2.45, 2.75) is 13.5 Å². The number of nitrogens with two attached hydrogens (primary N) is 1. The Labute approximate surface area is 138 Å². The summed E-state index contributed by atoms with van der Waals surface area (Å²) < 4.78 is 5.27. The molecule has 7 heteroatoms. The highest BCUT2D eigenvalue weighted by Crippen LogP contribution is 2.28. The Morgan fingerprint density at radius 1 is 1.25 bits per heavy atom. The van der Waals surface area contributed by atoms with E-state index < -0.39 is 5.97 Å². The van der Waals surface area contributed by atoms with Crippen LogP contribution in [-0.2, 0) is 6.54 Å². The van der Waals surface area contributed by atoms with Gasteiger partial charge in [0.15, 0.2) is 5.76 Å². The summed E-state index contributed by atoms with van der Waals surface area (Å²) in [5, 5.41) is 12.6. The highest BCUT2D eigenvalue weighted by molar-refractivity contribution is 5.99. The molecule has 0 radical (unpaired) electrons. The number of aromatic nitrogens is 2. The molecule has 122 valence electrons. The van der Waals surface area contributed by atoms with Gasteiger partial charge in [-0.3, -0.25) is 0 Å². The molecule has 1 aromatic carbocycles. The monoisotopic (exact) mass is 324 g/mol. The molecular weight excluding hydrogens is 308 g/mol. The van der Waals surface area contributed by atoms with Crippen LogP contribution in [0.15, 0.2) is 47.1 Å². The smallest absolute Gasteiger partial charge is 0.341 e. The Kier molecular flexibility index (Phi) is 4.15. The average Bonchev–Trinajstić information content (AvgIpc) is 3.07. The standard InChI is InChI=1S/C17H16N4O3/c1-10-5-2-3-6-11(10)9-19-15-13(16(22)23)14(20-17(18)21-15)12-7-4-8-24-12/h2-8H,9H2,1H3,(H,22,23)(H3,18,19,20,21). The van der Waals surface area contributed by atoms with E-state index in [1.165, 1.54) is 6.26 Å². The number of carboxylic acid groups (broad SMARTS) is 1. The summed E-state index contributed by atoms with van der Waals surface area (Å²) in [5.74, 6) is -0.711. The molecule has 0 saturated carbocycles. The lowest BCUT2D eigenvalue weighted by Gasteiger charge is -2.13. The van der Waals surface area contributed by atoms with Gasteiger partial charge >= 0.3 is 5.97 Å². The van der Waals surface area contributed by atoms with Gasteiger partial charge < -0.3 is 20.6 Å². The van der Waals surface area contributed by atoms with Gasteiger partial charge in [-0.15, -0.1) is 0 Å². The molecule has 0 spiro atoms. The minimum Gasteiger partial charge on any atom is -0.477 e. The van der Waals surface area contributed by atoms with E-state index in [1.54, 1.807) is 12.1 Å². The molecule has 2 heterocycles. The quantitative estimate of drug-likeness (QED) is 0.661. The first-order chi connectivity index (χ1) is 11.6. The van der Waals surface area contributed by atoms with Crippen molar-refractivity contribution in [1.82, 2.24) is 9.97 Å². The number of nitrogen functional groups attached to an aromatic ring is 1. The summed E-state index contributed by atoms with van der Waals surface area (Å²) in [6, 6.07) is 11.1. The van der Waals surface area contributed by atoms with Crippen LogP contribution in [0.3, 0.4) is 0 Å². The Balaban J connectivity index is 2.01. The minimum atomic E-state index is -1.16. The number of hydrogen-bond acceptors (Lipinski definition) is 6. The van der Waals surface area contributed by atoms with E-state index in [0.717, 1.165) is 11.1 Å². The van der Waals surface area contributed by atoms with Crippen molar-refractivity contribution < 1.29 is 14.3 Å². The normalized spacial score (nSPS) is 10.5. The topological polar surface area (TPSA) is 114 Å². The van der Waals surface area contributed by atoms with Gasteiger partial charge in [0.1, 0.15) is 17.1 Å². The van der Waals surface area contributed by atoms with Crippen LogP contribution in [0, 0.1) is 6.92 Å². The maximum atomic E-state index is 11.7. The summed E-state index contributed by atoms with van der Waals surface area (Å²) in [6.45, 7) is 2.40. The van der Waals surface area contributed by atoms with Crippen molar-refractivity contribution in [2.75, 3.05) is 11.1 Å². The number of anilines is 2. The van der Waals surface area contributed by atoms with Gasteiger partial charge in [-0.05, 0) is 30.2 Å². The summed E-state index contributed by atoms with van der Waals surface area (Å²) in [5.41, 5.74) is 7.93. The highest BCUT2D eigenvalue weighted by Gasteiger charge is 2.22. The van der Waals surface area contributed by atoms with Crippen LogP contribution >= 0.6 is 0 Å². The first-order valence-electron chi connectivity index (χ1n) is 7.29. The summed E-state index contributed by atoms with van der Waals surface area (Å²) in [4.78, 5) is 19.8. The SMILES string of the molecule is Cc1ccccc1CNc1nc(N)nc(-c2ccco2)c1C(=O)O. The van der Waals surface area contributed by atoms with E-state index in [4.69, 9.17) is 10.2 Å². The van der Waals surface area contributed by atoms with Gasteiger partial charge in [0.05, 0.1) is 6.26 Å². The maximum Gasteiger partial charge on any atom is 0.341 e. The lowest BCUT2D eigenvalue weighted by Crippen LogP contribution is -2.13. The Bertz CT molecular complexity index is 876. The molecular formula is C17H16N4O3. The number of nitrogens with zero attached hydrogens (tertiary/aromatic N) is 2. The van der Waals surface area contributed by atoms with Crippen LogP contribution in [0.25, 0.3) is 11.5 Å². The predicted molar refractivity (Wildman–Crippen MR) is 89.6 cm³/mol. The van der Waals surface area contributed by atoms with Gasteiger partial charge in [0.2, 0.25) is 5.95 Å². The second-order valence-electron chi connectivity index (χ2n) is 5.22. The first-order valence-corrected chi connectivity index (χ1v) is 7.29. The maximum absolute atomic E-state index is 11.7. The summed E-state index contributed by atoms with van der Waals surface area (Å²) in [6.07, 6.45) is 1.44. The zero-order chi connectivity index (χ0) is 17.1. The second kappa shape index (κ2) is 6.41. The summed E-state index contributed by atoms with van der Waals surface area (Å²) >= 11 is 0. The van der Waals surface area contributed by atoms with Crippen molar-refractivity contribution in [3.05, 3.63) is 59.4 Å². The molecule has 0 atom stereocenters. The number of carboxylic acids is 1. The number of furan rings is 1. The van der Waals surface area contributed by atoms with Crippen LogP contribution in [0.1, 0.15) is 21.5 Å². The van der Waals surface area contributed by atoms with Crippen LogP contribution < -0.4 is 11.1 Å². The molecule has 0 amide bonds. The number of carbonyl (C=O) groups is 1. The van der Waals surface area contributed by atoms with E-state index >= 15 is 0 Å². The van der Waals surface area contributed by atoms with Crippen molar-refractivity contribution >= 4 is 17.7 Å². The largest absolute Gasteiger partial charge is 0.477 e. The molecule has 3 aromatic rings. The number of aromatic carboxylic acids is 1. The van der Waals surface area contributed by atoms with E-state index in [-0.39, 0.29) is 23.0 Å². The Hall–Kier alpha value is -3.35. The fourth-order valence-corrected chi connectivity index (χ4v) is 2.39. The number of benzene rings is 1. The van der Waals surface area contributed by atoms with Crippen molar-refractivity contribution in [3.63, 3.8) is 0 Å². The predicted octanol–water partition coefficient (Wildman–Crippen LogP) is 2.94. The molecule has 7 nitrogen and oxygen atoms in total. The molecule has 0 aliphatic heterocycles. The second-order valence-corrected chi connectivity index (χ2v) is 5.22. The van der Waals surface area contributed by atoms with Crippen LogP contribution in [0.4, 0.5) is 11.8 Å². The molecule has 0 fully saturated rings. The highest BCUT2D eigenvalue weighted by atomic mass is 16.4. The third-order valence-electron chi connectivity index (χ3n) is 3.60. The van der Waals surface area contributed by atoms with E-state index in [9.17, 15) is 9.90 Å². The third kappa shape index (κ3) is 3.05. The van der Waals surface area contributed by atoms with Gasteiger partial charge in [-0.25, -0.2) is 9.78 Å². The van der Waals surface area contributed by atoms with Crippen LogP contribution in [-0.4, -0.2) is 21.0 Å². The van der Waals surface area contributed by atoms with Crippen molar-refractivity contribution in [1.29, 1.82) is 0 Å². The van der Waals surface area contributed by atoms with E-state index in [1.807, 2.05) is 31.2 Å². The van der Waals surface area contributed by atoms with Gasteiger partial charge in [0, 0.05) is 6.54 Å². The molecule has 4 N–H and O–H groups in total. The summed E-state index contributed by atoms with van der Waals surface area (Å²) in [7, 11) is 0. The van der Waals surface area contributed by atoms with E-state index in [0.29, 0.717) is 12.3 Å². The molecule has 2 aromatic heterocycles. The lowest BCUT2D eigenvalue weighted by molar-refractivity contribution is 0.0698. The molecule has 3 rings (SSSR count). The molecule has 0 aliphatic carbocycles. The van der Waals surface area contributed by atoms with Crippen molar-refractivity contribution in [2.24, 2.45) is 0 Å². The Morgan fingerprint density at radius 2 is 2.04 bits per heavy atom. The molecule has 0 saturated heterocycles. The van der Waals surface area contributed by atoms with Gasteiger partial charge in [-0.1, -0.05) is 24.3 Å². The molecule has 0 bridgehead atoms. The van der Waals surface area contributed by atoms with E-state index in [2.05, 4.69) is 15.3 Å². The van der Waals surface area contributed by atoms with Crippen molar-refractivity contribution in [3.8, 4) is 11.5 Å². The Morgan fingerprint density at radius 3 is 2.71 bits per heavy atom. The first kappa shape index (κ1) is 15.5. The fourth-order valence-electron chi connectivity index (χ4n) is 2.39. The fraction of sp³-hybridized carbons (Fsp3) is 0.118. The van der Waals surface area contributed by atoms with Crippen LogP contribution in [0.5, 0.6) is 0 Å². The van der Waals surface area contributed by atoms with Gasteiger partial charge in [-0.2, -0.15) is 4.98 Å².